The highest BCUT2D eigenvalue weighted by atomic mass is 32.1. The minimum atomic E-state index is -0.645. The molecule has 0 aliphatic rings. The van der Waals surface area contributed by atoms with E-state index in [0.29, 0.717) is 6.42 Å². The van der Waals surface area contributed by atoms with Gasteiger partial charge in [-0.3, -0.25) is 14.4 Å². The summed E-state index contributed by atoms with van der Waals surface area (Å²) in [6.07, 6.45) is 1.47. The molecule has 2 aromatic carbocycles. The smallest absolute Gasteiger partial charge is 0.267 e. The van der Waals surface area contributed by atoms with Crippen molar-refractivity contribution in [1.29, 1.82) is 0 Å². The van der Waals surface area contributed by atoms with E-state index in [-0.39, 0.29) is 39.6 Å². The van der Waals surface area contributed by atoms with Crippen LogP contribution in [0.3, 0.4) is 0 Å². The average molecular weight is 413 g/mol. The van der Waals surface area contributed by atoms with Crippen molar-refractivity contribution >= 4 is 34.3 Å². The highest BCUT2D eigenvalue weighted by Crippen LogP contribution is 2.37. The topological polar surface area (TPSA) is 98.7 Å². The predicted molar refractivity (Wildman–Crippen MR) is 116 cm³/mol. The molecule has 0 saturated carbocycles. The van der Waals surface area contributed by atoms with Gasteiger partial charge < -0.3 is 20.6 Å². The van der Waals surface area contributed by atoms with Crippen molar-refractivity contribution < 1.29 is 9.90 Å². The van der Waals surface area contributed by atoms with Crippen LogP contribution in [0.25, 0.3) is 0 Å². The molecule has 7 nitrogen and oxygen atoms in total. The Hall–Kier alpha value is -3.13. The molecule has 0 bridgehead atoms. The third-order valence-electron chi connectivity index (χ3n) is 4.70. The quantitative estimate of drug-likeness (QED) is 0.491. The Morgan fingerprint density at radius 2 is 1.79 bits per heavy atom. The monoisotopic (exact) mass is 413 g/mol. The number of rotatable bonds is 8. The molecule has 3 aromatic rings. The molecule has 1 atom stereocenters. The molecule has 1 aromatic heterocycles. The maximum absolute atomic E-state index is 12.1. The van der Waals surface area contributed by atoms with Crippen LogP contribution in [0.5, 0.6) is 5.75 Å². The summed E-state index contributed by atoms with van der Waals surface area (Å²) in [4.78, 5) is 37.8. The number of carbonyl (C=O) groups is 1. The zero-order valence-electron chi connectivity index (χ0n) is 16.5. The summed E-state index contributed by atoms with van der Waals surface area (Å²) in [5.41, 5.74) is 0.447. The van der Waals surface area contributed by atoms with Crippen LogP contribution in [0.4, 0.5) is 17.1 Å². The van der Waals surface area contributed by atoms with E-state index in [2.05, 4.69) is 10.6 Å². The number of anilines is 3. The molecule has 0 aliphatic heterocycles. The first-order valence-electron chi connectivity index (χ1n) is 9.26. The van der Waals surface area contributed by atoms with E-state index in [9.17, 15) is 19.5 Å². The summed E-state index contributed by atoms with van der Waals surface area (Å²) in [5.74, 6) is -0.568. The first kappa shape index (κ1) is 20.6. The first-order chi connectivity index (χ1) is 13.8. The van der Waals surface area contributed by atoms with Crippen LogP contribution in [0.1, 0.15) is 28.6 Å². The lowest BCUT2D eigenvalue weighted by molar-refractivity contribution is 0.0829. The first-order valence-corrected chi connectivity index (χ1v) is 10.1. The fraction of sp³-hybridized carbons (Fsp3) is 0.286. The van der Waals surface area contributed by atoms with Gasteiger partial charge in [-0.1, -0.05) is 37.3 Å². The average Bonchev–Trinajstić information content (AvgIpc) is 3.09. The maximum atomic E-state index is 12.1. The lowest BCUT2D eigenvalue weighted by atomic mass is 10.0. The molecule has 0 saturated heterocycles. The fourth-order valence-corrected chi connectivity index (χ4v) is 3.89. The van der Waals surface area contributed by atoms with Gasteiger partial charge in [0, 0.05) is 25.5 Å². The van der Waals surface area contributed by atoms with E-state index in [1.807, 2.05) is 37.3 Å². The Bertz CT molecular complexity index is 1080. The Labute approximate surface area is 172 Å². The molecule has 8 heteroatoms. The molecule has 29 heavy (non-hydrogen) atoms. The van der Waals surface area contributed by atoms with Gasteiger partial charge in [0.2, 0.25) is 0 Å². The van der Waals surface area contributed by atoms with Gasteiger partial charge in [-0.15, -0.1) is 11.3 Å². The van der Waals surface area contributed by atoms with Gasteiger partial charge in [0.05, 0.1) is 5.69 Å². The largest absolute Gasteiger partial charge is 0.504 e. The van der Waals surface area contributed by atoms with E-state index in [4.69, 9.17) is 0 Å². The highest BCUT2D eigenvalue weighted by Gasteiger charge is 2.26. The van der Waals surface area contributed by atoms with Crippen molar-refractivity contribution in [3.8, 4) is 5.75 Å². The van der Waals surface area contributed by atoms with Crippen molar-refractivity contribution in [2.45, 2.75) is 25.8 Å². The third-order valence-corrected chi connectivity index (χ3v) is 5.66. The Balaban J connectivity index is 1.79. The number of amides is 1. The Morgan fingerprint density at radius 1 is 1.14 bits per heavy atom. The molecule has 152 valence electrons. The molecular weight excluding hydrogens is 390 g/mol. The van der Waals surface area contributed by atoms with Gasteiger partial charge in [-0.05, 0) is 18.4 Å². The number of aromatic hydroxyl groups is 1. The number of thiophene rings is 1. The second kappa shape index (κ2) is 8.48. The third kappa shape index (κ3) is 4.17. The van der Waals surface area contributed by atoms with Crippen molar-refractivity contribution in [2.24, 2.45) is 0 Å². The summed E-state index contributed by atoms with van der Waals surface area (Å²) >= 11 is 1.07. The lowest BCUT2D eigenvalue weighted by Crippen LogP contribution is -2.39. The van der Waals surface area contributed by atoms with E-state index in [1.165, 1.54) is 4.90 Å². The van der Waals surface area contributed by atoms with Crippen LogP contribution in [-0.4, -0.2) is 36.1 Å². The summed E-state index contributed by atoms with van der Waals surface area (Å²) in [6, 6.07) is 9.86. The predicted octanol–water partition coefficient (Wildman–Crippen LogP) is 2.93. The SMILES string of the molecule is CC[C@@H](Cc1ccccc1)Nc1c(Nc2csc(C(=O)N(C)C)c2O)c(=O)c1=O. The van der Waals surface area contributed by atoms with Gasteiger partial charge in [-0.2, -0.15) is 0 Å². The number of hydrogen-bond acceptors (Lipinski definition) is 7. The van der Waals surface area contributed by atoms with Crippen LogP contribution < -0.4 is 21.5 Å². The van der Waals surface area contributed by atoms with E-state index >= 15 is 0 Å². The van der Waals surface area contributed by atoms with Gasteiger partial charge in [0.25, 0.3) is 16.8 Å². The van der Waals surface area contributed by atoms with Gasteiger partial charge in [0.1, 0.15) is 16.3 Å². The zero-order valence-corrected chi connectivity index (χ0v) is 17.3. The van der Waals surface area contributed by atoms with E-state index in [1.54, 1.807) is 19.5 Å². The summed E-state index contributed by atoms with van der Waals surface area (Å²) < 4.78 is 0. The minimum absolute atomic E-state index is 0.0248. The zero-order chi connectivity index (χ0) is 21.1. The second-order valence-electron chi connectivity index (χ2n) is 7.00. The summed E-state index contributed by atoms with van der Waals surface area (Å²) in [7, 11) is 3.18. The lowest BCUT2D eigenvalue weighted by Gasteiger charge is -2.21. The van der Waals surface area contributed by atoms with Gasteiger partial charge in [-0.25, -0.2) is 0 Å². The number of carbonyl (C=O) groups excluding carboxylic acids is 1. The molecule has 0 radical (unpaired) electrons. The number of nitrogens with one attached hydrogen (secondary N) is 2. The van der Waals surface area contributed by atoms with Crippen LogP contribution in [0.2, 0.25) is 0 Å². The molecule has 3 N–H and O–H groups in total. The molecule has 0 unspecified atom stereocenters. The Kier molecular flexibility index (Phi) is 6.03. The van der Waals surface area contributed by atoms with E-state index in [0.717, 1.165) is 23.3 Å². The van der Waals surface area contributed by atoms with Crippen LogP contribution in [-0.2, 0) is 6.42 Å². The molecule has 1 heterocycles. The highest BCUT2D eigenvalue weighted by molar-refractivity contribution is 7.13. The van der Waals surface area contributed by atoms with Crippen LogP contribution in [0, 0.1) is 0 Å². The van der Waals surface area contributed by atoms with Crippen molar-refractivity contribution in [3.63, 3.8) is 0 Å². The molecule has 1 amide bonds. The number of hydrogen-bond donors (Lipinski definition) is 3. The van der Waals surface area contributed by atoms with Gasteiger partial charge >= 0.3 is 0 Å². The molecule has 0 fully saturated rings. The van der Waals surface area contributed by atoms with Crippen molar-refractivity contribution in [2.75, 3.05) is 24.7 Å². The summed E-state index contributed by atoms with van der Waals surface area (Å²) in [6.45, 7) is 2.00. The maximum Gasteiger partial charge on any atom is 0.267 e. The molecule has 3 rings (SSSR count). The van der Waals surface area contributed by atoms with Gasteiger partial charge in [0.15, 0.2) is 5.75 Å². The Morgan fingerprint density at radius 3 is 2.41 bits per heavy atom. The van der Waals surface area contributed by atoms with Crippen LogP contribution >= 0.6 is 11.3 Å². The molecular formula is C21H23N3O4S. The normalized spacial score (nSPS) is 12.0. The number of benzene rings is 1. The fourth-order valence-electron chi connectivity index (χ4n) is 2.98. The standard InChI is InChI=1S/C21H23N3O4S/c1-4-13(10-12-8-6-5-7-9-12)22-15-16(19(27)18(15)26)23-14-11-29-20(17(14)25)21(28)24(2)3/h5-9,11,13,22-23,25H,4,10H2,1-3H3/t13-/m0/s1. The second-order valence-corrected chi connectivity index (χ2v) is 7.88. The molecule has 0 spiro atoms. The molecule has 0 aliphatic carbocycles. The summed E-state index contributed by atoms with van der Waals surface area (Å²) in [5, 5.41) is 17.9. The number of nitrogens with zero attached hydrogens (tertiary/aromatic N) is 1. The minimum Gasteiger partial charge on any atom is -0.504 e. The van der Waals surface area contributed by atoms with Crippen molar-refractivity contribution in [3.05, 3.63) is 66.6 Å². The van der Waals surface area contributed by atoms with E-state index < -0.39 is 10.9 Å². The van der Waals surface area contributed by atoms with Crippen LogP contribution in [0.15, 0.2) is 45.3 Å². The van der Waals surface area contributed by atoms with Crippen molar-refractivity contribution in [1.82, 2.24) is 4.90 Å².